The van der Waals surface area contributed by atoms with Crippen molar-refractivity contribution in [2.75, 3.05) is 5.75 Å². The third kappa shape index (κ3) is 17.7. The highest BCUT2D eigenvalue weighted by Gasteiger charge is 2.06. The number of hydrogen-bond donors (Lipinski definition) is 3. The second-order valence-corrected chi connectivity index (χ2v) is 2.40. The molecule has 0 aliphatic carbocycles. The van der Waals surface area contributed by atoms with Crippen LogP contribution in [0.25, 0.3) is 0 Å². The van der Waals surface area contributed by atoms with Crippen LogP contribution in [0.1, 0.15) is 13.8 Å². The van der Waals surface area contributed by atoms with Gasteiger partial charge in [-0.25, -0.2) is 0 Å². The zero-order valence-electron chi connectivity index (χ0n) is 6.57. The summed E-state index contributed by atoms with van der Waals surface area (Å²) in [6.45, 7) is 3.06. The molecule has 1 unspecified atom stereocenters. The first-order valence-electron chi connectivity index (χ1n) is 2.98. The van der Waals surface area contributed by atoms with E-state index in [9.17, 15) is 9.59 Å². The Morgan fingerprint density at radius 2 is 1.82 bits per heavy atom. The van der Waals surface area contributed by atoms with E-state index in [0.717, 1.165) is 0 Å². The van der Waals surface area contributed by atoms with Crippen LogP contribution in [-0.4, -0.2) is 28.7 Å². The van der Waals surface area contributed by atoms with Gasteiger partial charge in [-0.1, -0.05) is 0 Å². The molecule has 1 atom stereocenters. The van der Waals surface area contributed by atoms with E-state index in [4.69, 9.17) is 10.8 Å². The lowest BCUT2D eigenvalue weighted by Gasteiger charge is -1.96. The number of carbonyl (C=O) groups excluding carboxylic acids is 1. The zero-order valence-corrected chi connectivity index (χ0v) is 7.47. The third-order valence-corrected chi connectivity index (χ3v) is 0.907. The Morgan fingerprint density at radius 3 is 1.82 bits per heavy atom. The van der Waals surface area contributed by atoms with Gasteiger partial charge in [-0.05, 0) is 13.8 Å². The highest BCUT2D eigenvalue weighted by Crippen LogP contribution is 1.80. The lowest BCUT2D eigenvalue weighted by atomic mass is 10.4. The Bertz CT molecular complexity index is 134. The smallest absolute Gasteiger partial charge is 0.321 e. The van der Waals surface area contributed by atoms with Crippen molar-refractivity contribution in [2.45, 2.75) is 19.9 Å². The molecule has 0 aliphatic rings. The van der Waals surface area contributed by atoms with Crippen LogP contribution >= 0.6 is 12.6 Å². The molecule has 11 heavy (non-hydrogen) atoms. The molecule has 0 rings (SSSR count). The van der Waals surface area contributed by atoms with E-state index in [2.05, 4.69) is 12.6 Å². The largest absolute Gasteiger partial charge is 0.480 e. The molecular weight excluding hydrogens is 166 g/mol. The van der Waals surface area contributed by atoms with Crippen molar-refractivity contribution in [3.05, 3.63) is 0 Å². The van der Waals surface area contributed by atoms with Crippen molar-refractivity contribution in [1.82, 2.24) is 0 Å². The van der Waals surface area contributed by atoms with E-state index >= 15 is 0 Å². The number of thiol groups is 1. The van der Waals surface area contributed by atoms with E-state index in [1.54, 1.807) is 0 Å². The predicted octanol–water partition coefficient (Wildman–Crippen LogP) is -0.0766. The molecule has 3 N–H and O–H groups in total. The molecule has 5 heteroatoms. The van der Waals surface area contributed by atoms with Crippen molar-refractivity contribution in [1.29, 1.82) is 0 Å². The summed E-state index contributed by atoms with van der Waals surface area (Å²) in [4.78, 5) is 19.2. The number of carboxylic acids is 1. The standard InChI is InChI=1S/C3H7NO2S.C3H6O/c4-2(1-7)3(5)6;1-3(2)4/h2,7H,1,4H2,(H,5,6);1-2H3. The third-order valence-electron chi connectivity index (χ3n) is 0.514. The minimum atomic E-state index is -1.00. The molecule has 0 aliphatic heterocycles. The van der Waals surface area contributed by atoms with Crippen LogP contribution < -0.4 is 5.73 Å². The molecular formula is C6H13NO3S. The minimum Gasteiger partial charge on any atom is -0.480 e. The maximum Gasteiger partial charge on any atom is 0.321 e. The monoisotopic (exact) mass is 179 g/mol. The highest BCUT2D eigenvalue weighted by atomic mass is 32.1. The lowest BCUT2D eigenvalue weighted by molar-refractivity contribution is -0.137. The number of ketones is 1. The van der Waals surface area contributed by atoms with Crippen LogP contribution in [0.3, 0.4) is 0 Å². The molecule has 0 heterocycles. The summed E-state index contributed by atoms with van der Waals surface area (Å²) in [7, 11) is 0. The van der Waals surface area contributed by atoms with Gasteiger partial charge in [-0.15, -0.1) is 0 Å². The van der Waals surface area contributed by atoms with Crippen molar-refractivity contribution >= 4 is 24.4 Å². The molecule has 0 saturated carbocycles. The van der Waals surface area contributed by atoms with Crippen LogP contribution in [-0.2, 0) is 9.59 Å². The van der Waals surface area contributed by atoms with Gasteiger partial charge in [0, 0.05) is 5.75 Å². The average Bonchev–Trinajstić information content (AvgIpc) is 1.85. The summed E-state index contributed by atoms with van der Waals surface area (Å²) in [6.07, 6.45) is 0. The molecule has 0 amide bonds. The number of Topliss-reactive ketones (excluding diaryl/α,β-unsaturated/α-hetero) is 1. The van der Waals surface area contributed by atoms with E-state index in [1.165, 1.54) is 13.8 Å². The summed E-state index contributed by atoms with van der Waals surface area (Å²) in [6, 6.07) is -0.816. The summed E-state index contributed by atoms with van der Waals surface area (Å²) in [5.74, 6) is -0.648. The SMILES string of the molecule is CC(C)=O.NC(CS)C(=O)O. The van der Waals surface area contributed by atoms with Crippen molar-refractivity contribution in [2.24, 2.45) is 5.73 Å². The summed E-state index contributed by atoms with van der Waals surface area (Å²) in [5, 5.41) is 8.01. The maximum absolute atomic E-state index is 9.76. The topological polar surface area (TPSA) is 80.4 Å². The van der Waals surface area contributed by atoms with Gasteiger partial charge in [-0.2, -0.15) is 12.6 Å². The summed E-state index contributed by atoms with van der Waals surface area (Å²) >= 11 is 3.65. The number of nitrogens with two attached hydrogens (primary N) is 1. The van der Waals surface area contributed by atoms with Gasteiger partial charge in [0.1, 0.15) is 11.8 Å². The van der Waals surface area contributed by atoms with Crippen LogP contribution in [0, 0.1) is 0 Å². The number of hydrogen-bond acceptors (Lipinski definition) is 4. The van der Waals surface area contributed by atoms with E-state index in [0.29, 0.717) is 0 Å². The quantitative estimate of drug-likeness (QED) is 0.518. The van der Waals surface area contributed by atoms with Gasteiger partial charge in [0.2, 0.25) is 0 Å². The van der Waals surface area contributed by atoms with Gasteiger partial charge in [0.05, 0.1) is 0 Å². The molecule has 0 aromatic rings. The first-order chi connectivity index (χ1) is 4.91. The molecule has 0 saturated heterocycles. The fraction of sp³-hybridized carbons (Fsp3) is 0.667. The fourth-order valence-corrected chi connectivity index (χ4v) is 0.234. The van der Waals surface area contributed by atoms with Crippen molar-refractivity contribution in [3.8, 4) is 0 Å². The normalized spacial score (nSPS) is 10.9. The number of aliphatic carboxylic acids is 1. The van der Waals surface area contributed by atoms with Crippen molar-refractivity contribution < 1.29 is 14.7 Å². The van der Waals surface area contributed by atoms with Crippen LogP contribution in [0.2, 0.25) is 0 Å². The molecule has 0 radical (unpaired) electrons. The lowest BCUT2D eigenvalue weighted by Crippen LogP contribution is -2.31. The Balaban J connectivity index is 0. The summed E-state index contributed by atoms with van der Waals surface area (Å²) in [5.41, 5.74) is 4.94. The van der Waals surface area contributed by atoms with Gasteiger partial charge >= 0.3 is 5.97 Å². The van der Waals surface area contributed by atoms with Crippen LogP contribution in [0.15, 0.2) is 0 Å². The molecule has 0 spiro atoms. The second-order valence-electron chi connectivity index (χ2n) is 2.04. The van der Waals surface area contributed by atoms with Gasteiger partial charge in [-0.3, -0.25) is 4.79 Å². The molecule has 0 aromatic heterocycles. The van der Waals surface area contributed by atoms with Crippen LogP contribution in [0.4, 0.5) is 0 Å². The number of carbonyl (C=O) groups is 2. The second kappa shape index (κ2) is 7.56. The van der Waals surface area contributed by atoms with E-state index in [1.807, 2.05) is 0 Å². The molecule has 66 valence electrons. The maximum atomic E-state index is 9.76. The van der Waals surface area contributed by atoms with E-state index in [-0.39, 0.29) is 11.5 Å². The van der Waals surface area contributed by atoms with Gasteiger partial charge < -0.3 is 15.6 Å². The Kier molecular flexibility index (Phi) is 8.98. The summed E-state index contributed by atoms with van der Waals surface area (Å²) < 4.78 is 0. The Labute approximate surface area is 71.2 Å². The number of carboxylic acid groups (broad SMARTS) is 1. The Hall–Kier alpha value is -0.550. The van der Waals surface area contributed by atoms with E-state index < -0.39 is 12.0 Å². The minimum absolute atomic E-state index is 0.167. The highest BCUT2D eigenvalue weighted by molar-refractivity contribution is 7.80. The zero-order chi connectivity index (χ0) is 9.44. The Morgan fingerprint density at radius 1 is 1.55 bits per heavy atom. The fourth-order valence-electron chi connectivity index (χ4n) is 0.0781. The van der Waals surface area contributed by atoms with Crippen LogP contribution in [0.5, 0.6) is 0 Å². The average molecular weight is 179 g/mol. The predicted molar refractivity (Wildman–Crippen MR) is 45.8 cm³/mol. The van der Waals surface area contributed by atoms with Gasteiger partial charge in [0.15, 0.2) is 0 Å². The first-order valence-corrected chi connectivity index (χ1v) is 3.61. The molecule has 0 bridgehead atoms. The number of rotatable bonds is 2. The molecule has 0 fully saturated rings. The molecule has 4 nitrogen and oxygen atoms in total. The van der Waals surface area contributed by atoms with Gasteiger partial charge in [0.25, 0.3) is 0 Å². The van der Waals surface area contributed by atoms with Crippen molar-refractivity contribution in [3.63, 3.8) is 0 Å². The first kappa shape index (κ1) is 13.1. The molecule has 0 aromatic carbocycles.